The summed E-state index contributed by atoms with van der Waals surface area (Å²) in [5.74, 6) is 1.88. The lowest BCUT2D eigenvalue weighted by molar-refractivity contribution is -0.122. The average Bonchev–Trinajstić information content (AvgIpc) is 3.26. The number of rotatable bonds is 9. The highest BCUT2D eigenvalue weighted by atomic mass is 16.5. The van der Waals surface area contributed by atoms with Crippen molar-refractivity contribution >= 4 is 22.6 Å². The zero-order valence-electron chi connectivity index (χ0n) is 20.3. The van der Waals surface area contributed by atoms with Crippen LogP contribution in [0.3, 0.4) is 0 Å². The molecule has 0 aliphatic carbocycles. The molecule has 0 spiro atoms. The van der Waals surface area contributed by atoms with E-state index >= 15 is 0 Å². The summed E-state index contributed by atoms with van der Waals surface area (Å²) in [6.45, 7) is 9.01. The Hall–Kier alpha value is -3.19. The molecule has 2 unspecified atom stereocenters. The van der Waals surface area contributed by atoms with Crippen LogP contribution in [-0.2, 0) is 9.53 Å². The largest absolute Gasteiger partial charge is 0.507 e. The third-order valence-electron chi connectivity index (χ3n) is 6.32. The minimum Gasteiger partial charge on any atom is -0.507 e. The molecule has 1 amide bonds. The summed E-state index contributed by atoms with van der Waals surface area (Å²) < 4.78 is 5.41. The highest BCUT2D eigenvalue weighted by Crippen LogP contribution is 2.33. The van der Waals surface area contributed by atoms with Gasteiger partial charge in [0.15, 0.2) is 5.82 Å². The van der Waals surface area contributed by atoms with E-state index < -0.39 is 0 Å². The molecule has 3 aromatic rings. The monoisotopic (exact) mass is 462 g/mol. The quantitative estimate of drug-likeness (QED) is 0.457. The van der Waals surface area contributed by atoms with Crippen molar-refractivity contribution in [2.45, 2.75) is 46.1 Å². The topological polar surface area (TPSA) is 87.6 Å². The zero-order valence-corrected chi connectivity index (χ0v) is 20.3. The molecule has 0 bridgehead atoms. The molecule has 2 aromatic carbocycles. The maximum Gasteiger partial charge on any atom is 0.220 e. The standard InChI is InChI=1S/C27H34N4O3/c1-4-34-14-12-19(3)16-25(33)28-20-11-13-31(17-20)27-21-10-9-18(2)15-23(21)29-26(30-27)22-7-5-6-8-24(22)32/h5-10,15,19-20,32H,4,11-14,16-17H2,1-3H3,(H,28,33). The predicted molar refractivity (Wildman–Crippen MR) is 135 cm³/mol. The number of nitrogens with one attached hydrogen (secondary N) is 1. The second-order valence-electron chi connectivity index (χ2n) is 9.20. The Morgan fingerprint density at radius 3 is 2.88 bits per heavy atom. The molecule has 0 saturated carbocycles. The maximum absolute atomic E-state index is 12.6. The van der Waals surface area contributed by atoms with Crippen LogP contribution in [0.4, 0.5) is 5.82 Å². The lowest BCUT2D eigenvalue weighted by atomic mass is 10.0. The van der Waals surface area contributed by atoms with E-state index in [1.807, 2.05) is 32.0 Å². The van der Waals surface area contributed by atoms with Gasteiger partial charge in [-0.25, -0.2) is 9.97 Å². The molecule has 34 heavy (non-hydrogen) atoms. The van der Waals surface area contributed by atoms with E-state index in [2.05, 4.69) is 29.3 Å². The number of fused-ring (bicyclic) bond motifs is 1. The number of carbonyl (C=O) groups excluding carboxylic acids is 1. The van der Waals surface area contributed by atoms with Gasteiger partial charge in [-0.2, -0.15) is 0 Å². The van der Waals surface area contributed by atoms with Gasteiger partial charge in [-0.15, -0.1) is 0 Å². The van der Waals surface area contributed by atoms with E-state index in [0.29, 0.717) is 43.5 Å². The van der Waals surface area contributed by atoms with Gasteiger partial charge in [0, 0.05) is 44.2 Å². The first kappa shape index (κ1) is 24.0. The van der Waals surface area contributed by atoms with Crippen molar-refractivity contribution in [2.24, 2.45) is 5.92 Å². The van der Waals surface area contributed by atoms with Gasteiger partial charge in [-0.1, -0.05) is 25.1 Å². The van der Waals surface area contributed by atoms with Gasteiger partial charge < -0.3 is 20.1 Å². The van der Waals surface area contributed by atoms with E-state index in [1.54, 1.807) is 12.1 Å². The van der Waals surface area contributed by atoms with Crippen molar-refractivity contribution in [2.75, 3.05) is 31.2 Å². The number of benzene rings is 2. The molecular formula is C27H34N4O3. The molecule has 0 radical (unpaired) electrons. The second kappa shape index (κ2) is 10.8. The fourth-order valence-corrected chi connectivity index (χ4v) is 4.45. The molecule has 1 aromatic heterocycles. The normalized spacial score (nSPS) is 16.7. The number of phenolic OH excluding ortho intramolecular Hbond substituents is 1. The molecule has 2 atom stereocenters. The smallest absolute Gasteiger partial charge is 0.220 e. The van der Waals surface area contributed by atoms with Crippen molar-refractivity contribution in [3.05, 3.63) is 48.0 Å². The fourth-order valence-electron chi connectivity index (χ4n) is 4.45. The molecule has 2 heterocycles. The average molecular weight is 463 g/mol. The number of aryl methyl sites for hydroxylation is 1. The Kier molecular flexibility index (Phi) is 7.63. The molecule has 7 heteroatoms. The van der Waals surface area contributed by atoms with Crippen molar-refractivity contribution < 1.29 is 14.6 Å². The Labute approximate surface area is 201 Å². The van der Waals surface area contributed by atoms with Gasteiger partial charge in [0.2, 0.25) is 5.91 Å². The van der Waals surface area contributed by atoms with Gasteiger partial charge in [-0.3, -0.25) is 4.79 Å². The first-order valence-electron chi connectivity index (χ1n) is 12.1. The Bertz CT molecular complexity index is 1150. The number of nitrogens with zero attached hydrogens (tertiary/aromatic N) is 3. The predicted octanol–water partition coefficient (Wildman–Crippen LogP) is 4.46. The molecule has 1 saturated heterocycles. The Balaban J connectivity index is 1.51. The number of anilines is 1. The second-order valence-corrected chi connectivity index (χ2v) is 9.20. The van der Waals surface area contributed by atoms with Gasteiger partial charge in [0.25, 0.3) is 0 Å². The van der Waals surface area contributed by atoms with Gasteiger partial charge in [-0.05, 0) is 62.4 Å². The van der Waals surface area contributed by atoms with Crippen LogP contribution in [0, 0.1) is 12.8 Å². The van der Waals surface area contributed by atoms with E-state index in [0.717, 1.165) is 41.7 Å². The van der Waals surface area contributed by atoms with Gasteiger partial charge in [0.1, 0.15) is 11.6 Å². The summed E-state index contributed by atoms with van der Waals surface area (Å²) in [7, 11) is 0. The number of aromatic nitrogens is 2. The third-order valence-corrected chi connectivity index (χ3v) is 6.32. The Morgan fingerprint density at radius 1 is 1.26 bits per heavy atom. The van der Waals surface area contributed by atoms with E-state index in [4.69, 9.17) is 14.7 Å². The first-order valence-corrected chi connectivity index (χ1v) is 12.1. The van der Waals surface area contributed by atoms with E-state index in [-0.39, 0.29) is 17.7 Å². The van der Waals surface area contributed by atoms with Crippen LogP contribution in [0.15, 0.2) is 42.5 Å². The summed E-state index contributed by atoms with van der Waals surface area (Å²) in [5.41, 5.74) is 2.57. The van der Waals surface area contributed by atoms with Gasteiger partial charge in [0.05, 0.1) is 11.1 Å². The molecular weight excluding hydrogens is 428 g/mol. The number of aromatic hydroxyl groups is 1. The summed E-state index contributed by atoms with van der Waals surface area (Å²) in [6.07, 6.45) is 2.26. The molecule has 7 nitrogen and oxygen atoms in total. The minimum atomic E-state index is 0.0793. The molecule has 1 aliphatic rings. The number of para-hydroxylation sites is 1. The molecule has 1 fully saturated rings. The van der Waals surface area contributed by atoms with Crippen molar-refractivity contribution in [3.63, 3.8) is 0 Å². The van der Waals surface area contributed by atoms with Crippen LogP contribution in [0.2, 0.25) is 0 Å². The van der Waals surface area contributed by atoms with Gasteiger partial charge >= 0.3 is 0 Å². The summed E-state index contributed by atoms with van der Waals surface area (Å²) in [6, 6.07) is 13.4. The highest BCUT2D eigenvalue weighted by Gasteiger charge is 2.27. The summed E-state index contributed by atoms with van der Waals surface area (Å²) in [4.78, 5) is 24.4. The number of hydrogen-bond acceptors (Lipinski definition) is 6. The van der Waals surface area contributed by atoms with Crippen LogP contribution < -0.4 is 10.2 Å². The van der Waals surface area contributed by atoms with Crippen LogP contribution in [0.25, 0.3) is 22.3 Å². The van der Waals surface area contributed by atoms with E-state index in [1.165, 1.54) is 0 Å². The maximum atomic E-state index is 12.6. The molecule has 4 rings (SSSR count). The Morgan fingerprint density at radius 2 is 2.09 bits per heavy atom. The lowest BCUT2D eigenvalue weighted by Crippen LogP contribution is -2.38. The third kappa shape index (κ3) is 5.65. The summed E-state index contributed by atoms with van der Waals surface area (Å²) >= 11 is 0. The van der Waals surface area contributed by atoms with Crippen LogP contribution >= 0.6 is 0 Å². The zero-order chi connectivity index (χ0) is 24.1. The number of amides is 1. The number of carbonyl (C=O) groups is 1. The molecule has 2 N–H and O–H groups in total. The SMILES string of the molecule is CCOCCC(C)CC(=O)NC1CCN(c2nc(-c3ccccc3O)nc3cc(C)ccc23)C1. The summed E-state index contributed by atoms with van der Waals surface area (Å²) in [5, 5.41) is 14.6. The minimum absolute atomic E-state index is 0.0793. The van der Waals surface area contributed by atoms with Crippen LogP contribution in [0.5, 0.6) is 5.75 Å². The lowest BCUT2D eigenvalue weighted by Gasteiger charge is -2.21. The van der Waals surface area contributed by atoms with Crippen molar-refractivity contribution in [3.8, 4) is 17.1 Å². The highest BCUT2D eigenvalue weighted by molar-refractivity contribution is 5.92. The molecule has 1 aliphatic heterocycles. The van der Waals surface area contributed by atoms with E-state index in [9.17, 15) is 9.90 Å². The van der Waals surface area contributed by atoms with Crippen molar-refractivity contribution in [1.82, 2.24) is 15.3 Å². The number of phenols is 1. The van der Waals surface area contributed by atoms with Crippen LogP contribution in [0.1, 0.15) is 38.7 Å². The molecule has 180 valence electrons. The number of hydrogen-bond donors (Lipinski definition) is 2. The van der Waals surface area contributed by atoms with Crippen LogP contribution in [-0.4, -0.2) is 53.3 Å². The number of ether oxygens (including phenoxy) is 1. The van der Waals surface area contributed by atoms with Crippen molar-refractivity contribution in [1.29, 1.82) is 0 Å². The fraction of sp³-hybridized carbons (Fsp3) is 0.444. The first-order chi connectivity index (χ1) is 16.4.